The summed E-state index contributed by atoms with van der Waals surface area (Å²) >= 11 is 0. The number of ether oxygens (including phenoxy) is 1. The van der Waals surface area contributed by atoms with Gasteiger partial charge in [-0.25, -0.2) is 0 Å². The SMILES string of the molecule is CC(C)(C)C(=O)C1CCOC2(CCCCC2)C1. The topological polar surface area (TPSA) is 26.3 Å². The van der Waals surface area contributed by atoms with E-state index in [9.17, 15) is 4.79 Å². The maximum Gasteiger partial charge on any atom is 0.141 e. The van der Waals surface area contributed by atoms with Crippen LogP contribution < -0.4 is 0 Å². The molecule has 0 aromatic rings. The summed E-state index contributed by atoms with van der Waals surface area (Å²) in [5, 5.41) is 0. The van der Waals surface area contributed by atoms with E-state index in [4.69, 9.17) is 4.74 Å². The highest BCUT2D eigenvalue weighted by atomic mass is 16.5. The Hall–Kier alpha value is -0.370. The van der Waals surface area contributed by atoms with Crippen molar-refractivity contribution < 1.29 is 9.53 Å². The van der Waals surface area contributed by atoms with Gasteiger partial charge >= 0.3 is 0 Å². The van der Waals surface area contributed by atoms with Crippen LogP contribution in [0.2, 0.25) is 0 Å². The average Bonchev–Trinajstić information content (AvgIpc) is 2.28. The normalized spacial score (nSPS) is 29.2. The first-order valence-corrected chi connectivity index (χ1v) is 7.11. The first-order valence-electron chi connectivity index (χ1n) is 7.11. The predicted octanol–water partition coefficient (Wildman–Crippen LogP) is 3.73. The molecule has 1 aliphatic heterocycles. The van der Waals surface area contributed by atoms with Crippen LogP contribution in [0.4, 0.5) is 0 Å². The number of hydrogen-bond donors (Lipinski definition) is 0. The molecule has 1 saturated heterocycles. The third-order valence-electron chi connectivity index (χ3n) is 4.37. The molecule has 17 heavy (non-hydrogen) atoms. The van der Waals surface area contributed by atoms with Crippen molar-refractivity contribution in [2.24, 2.45) is 11.3 Å². The monoisotopic (exact) mass is 238 g/mol. The van der Waals surface area contributed by atoms with Gasteiger partial charge in [0.15, 0.2) is 0 Å². The summed E-state index contributed by atoms with van der Waals surface area (Å²) in [6.07, 6.45) is 8.12. The third-order valence-corrected chi connectivity index (χ3v) is 4.37. The smallest absolute Gasteiger partial charge is 0.141 e. The molecular weight excluding hydrogens is 212 g/mol. The lowest BCUT2D eigenvalue weighted by atomic mass is 9.71. The molecule has 1 spiro atoms. The van der Waals surface area contributed by atoms with Crippen molar-refractivity contribution in [1.82, 2.24) is 0 Å². The van der Waals surface area contributed by atoms with Crippen LogP contribution in [0.25, 0.3) is 0 Å². The van der Waals surface area contributed by atoms with Gasteiger partial charge in [-0.3, -0.25) is 4.79 Å². The molecule has 0 bridgehead atoms. The second-order valence-corrected chi connectivity index (χ2v) is 6.90. The Morgan fingerprint density at radius 2 is 1.82 bits per heavy atom. The fraction of sp³-hybridized carbons (Fsp3) is 0.933. The molecule has 2 rings (SSSR count). The van der Waals surface area contributed by atoms with Crippen LogP contribution in [0.5, 0.6) is 0 Å². The molecule has 1 heterocycles. The highest BCUT2D eigenvalue weighted by molar-refractivity contribution is 5.86. The number of rotatable bonds is 1. The van der Waals surface area contributed by atoms with Crippen molar-refractivity contribution in [2.45, 2.75) is 71.3 Å². The van der Waals surface area contributed by atoms with Crippen LogP contribution in [0.1, 0.15) is 65.7 Å². The third kappa shape index (κ3) is 2.90. The highest BCUT2D eigenvalue weighted by Crippen LogP contribution is 2.42. The van der Waals surface area contributed by atoms with Gasteiger partial charge in [0.05, 0.1) is 5.60 Å². The number of hydrogen-bond acceptors (Lipinski definition) is 2. The molecule has 1 aliphatic carbocycles. The summed E-state index contributed by atoms with van der Waals surface area (Å²) in [5.74, 6) is 0.674. The van der Waals surface area contributed by atoms with Crippen molar-refractivity contribution in [3.63, 3.8) is 0 Å². The van der Waals surface area contributed by atoms with E-state index in [0.29, 0.717) is 5.78 Å². The molecule has 98 valence electrons. The van der Waals surface area contributed by atoms with Gasteiger partial charge in [-0.15, -0.1) is 0 Å². The van der Waals surface area contributed by atoms with E-state index in [1.54, 1.807) is 0 Å². The van der Waals surface area contributed by atoms with Gasteiger partial charge in [0.2, 0.25) is 0 Å². The minimum absolute atomic E-state index is 0.0576. The van der Waals surface area contributed by atoms with Crippen LogP contribution in [0.3, 0.4) is 0 Å². The maximum absolute atomic E-state index is 12.4. The van der Waals surface area contributed by atoms with Gasteiger partial charge in [0.1, 0.15) is 5.78 Å². The van der Waals surface area contributed by atoms with Crippen LogP contribution in [-0.4, -0.2) is 18.0 Å². The number of carbonyl (C=O) groups excluding carboxylic acids is 1. The molecule has 0 radical (unpaired) electrons. The minimum Gasteiger partial charge on any atom is -0.375 e. The maximum atomic E-state index is 12.4. The summed E-state index contributed by atoms with van der Waals surface area (Å²) in [4.78, 5) is 12.4. The molecule has 2 heteroatoms. The van der Waals surface area contributed by atoms with Crippen molar-refractivity contribution in [3.8, 4) is 0 Å². The van der Waals surface area contributed by atoms with Crippen LogP contribution >= 0.6 is 0 Å². The summed E-state index contributed by atoms with van der Waals surface area (Å²) < 4.78 is 6.05. The Bertz CT molecular complexity index is 276. The molecular formula is C15H26O2. The summed E-state index contributed by atoms with van der Waals surface area (Å²) in [6, 6.07) is 0. The van der Waals surface area contributed by atoms with Crippen LogP contribution in [-0.2, 0) is 9.53 Å². The van der Waals surface area contributed by atoms with Crippen LogP contribution in [0, 0.1) is 11.3 Å². The molecule has 2 fully saturated rings. The average molecular weight is 238 g/mol. The van der Waals surface area contributed by atoms with Gasteiger partial charge in [-0.2, -0.15) is 0 Å². The molecule has 0 amide bonds. The number of carbonyl (C=O) groups is 1. The Labute approximate surface area is 105 Å². The van der Waals surface area contributed by atoms with E-state index in [1.165, 1.54) is 32.1 Å². The van der Waals surface area contributed by atoms with E-state index >= 15 is 0 Å². The summed E-state index contributed by atoms with van der Waals surface area (Å²) in [7, 11) is 0. The fourth-order valence-electron chi connectivity index (χ4n) is 3.41. The van der Waals surface area contributed by atoms with Gasteiger partial charge in [-0.1, -0.05) is 40.0 Å². The molecule has 2 aliphatic rings. The summed E-state index contributed by atoms with van der Waals surface area (Å²) in [6.45, 7) is 6.90. The minimum atomic E-state index is -0.197. The van der Waals surface area contributed by atoms with Crippen LogP contribution in [0.15, 0.2) is 0 Å². The molecule has 0 aromatic heterocycles. The van der Waals surface area contributed by atoms with Gasteiger partial charge in [0, 0.05) is 17.9 Å². The lowest BCUT2D eigenvalue weighted by Crippen LogP contribution is -2.45. The largest absolute Gasteiger partial charge is 0.375 e. The zero-order chi connectivity index (χ0) is 12.5. The van der Waals surface area contributed by atoms with Crippen molar-refractivity contribution in [3.05, 3.63) is 0 Å². The standard InChI is InChI=1S/C15H26O2/c1-14(2,3)13(16)12-7-10-17-15(11-12)8-5-4-6-9-15/h12H,4-11H2,1-3H3. The van der Waals surface area contributed by atoms with Gasteiger partial charge in [0.25, 0.3) is 0 Å². The summed E-state index contributed by atoms with van der Waals surface area (Å²) in [5.41, 5.74) is -0.139. The van der Waals surface area contributed by atoms with Gasteiger partial charge in [-0.05, 0) is 25.7 Å². The first-order chi connectivity index (χ1) is 7.93. The molecule has 0 aromatic carbocycles. The zero-order valence-electron chi connectivity index (χ0n) is 11.6. The second kappa shape index (κ2) is 4.72. The Morgan fingerprint density at radius 3 is 2.41 bits per heavy atom. The lowest BCUT2D eigenvalue weighted by Gasteiger charge is -2.44. The molecule has 1 saturated carbocycles. The van der Waals surface area contributed by atoms with E-state index in [2.05, 4.69) is 0 Å². The number of ketones is 1. The van der Waals surface area contributed by atoms with E-state index in [-0.39, 0.29) is 16.9 Å². The quantitative estimate of drug-likeness (QED) is 0.695. The van der Waals surface area contributed by atoms with Crippen molar-refractivity contribution in [2.75, 3.05) is 6.61 Å². The fourth-order valence-corrected chi connectivity index (χ4v) is 3.41. The van der Waals surface area contributed by atoms with E-state index in [1.807, 2.05) is 20.8 Å². The Morgan fingerprint density at radius 1 is 1.18 bits per heavy atom. The van der Waals surface area contributed by atoms with Gasteiger partial charge < -0.3 is 4.74 Å². The second-order valence-electron chi connectivity index (χ2n) is 6.90. The zero-order valence-corrected chi connectivity index (χ0v) is 11.6. The van der Waals surface area contributed by atoms with E-state index in [0.717, 1.165) is 19.4 Å². The van der Waals surface area contributed by atoms with Crippen molar-refractivity contribution >= 4 is 5.78 Å². The highest BCUT2D eigenvalue weighted by Gasteiger charge is 2.42. The van der Waals surface area contributed by atoms with Crippen molar-refractivity contribution in [1.29, 1.82) is 0 Å². The molecule has 2 nitrogen and oxygen atoms in total. The Balaban J connectivity index is 2.04. The first kappa shape index (κ1) is 13.1. The predicted molar refractivity (Wildman–Crippen MR) is 69.0 cm³/mol. The molecule has 1 atom stereocenters. The molecule has 1 unspecified atom stereocenters. The Kier molecular flexibility index (Phi) is 3.63. The van der Waals surface area contributed by atoms with E-state index < -0.39 is 0 Å². The number of Topliss-reactive ketones (excluding diaryl/α,β-unsaturated/α-hetero) is 1. The lowest BCUT2D eigenvalue weighted by molar-refractivity contribution is -0.148. The molecule has 0 N–H and O–H groups in total.